The van der Waals surface area contributed by atoms with Crippen LogP contribution in [0.5, 0.6) is 5.75 Å². The van der Waals surface area contributed by atoms with Crippen LogP contribution in [0.1, 0.15) is 33.1 Å². The van der Waals surface area contributed by atoms with E-state index in [2.05, 4.69) is 4.72 Å². The van der Waals surface area contributed by atoms with E-state index < -0.39 is 36.6 Å². The fraction of sp³-hybridized carbons (Fsp3) is 0.400. The Morgan fingerprint density at radius 1 is 0.968 bits per heavy atom. The van der Waals surface area contributed by atoms with Gasteiger partial charge in [-0.25, -0.2) is 25.6 Å². The third-order valence-corrected chi connectivity index (χ3v) is 7.99. The fourth-order valence-corrected chi connectivity index (χ4v) is 5.92. The third kappa shape index (κ3) is 5.34. The van der Waals surface area contributed by atoms with Gasteiger partial charge in [0.15, 0.2) is 0 Å². The summed E-state index contributed by atoms with van der Waals surface area (Å²) in [7, 11) is -8.33. The first kappa shape index (κ1) is 23.4. The van der Waals surface area contributed by atoms with Crippen LogP contribution >= 0.6 is 0 Å². The molecule has 1 fully saturated rings. The Balaban J connectivity index is 2.03. The molecule has 1 heterocycles. The number of rotatable bonds is 7. The molecule has 170 valence electrons. The van der Waals surface area contributed by atoms with Crippen LogP contribution in [0.15, 0.2) is 46.2 Å². The average Bonchev–Trinajstić information content (AvgIpc) is 2.69. The molecule has 0 aromatic heterocycles. The van der Waals surface area contributed by atoms with Crippen LogP contribution in [0.2, 0.25) is 0 Å². The molecule has 0 aliphatic carbocycles. The molecule has 11 heteroatoms. The van der Waals surface area contributed by atoms with Gasteiger partial charge in [0.25, 0.3) is 10.0 Å². The molecule has 0 saturated carbocycles. The number of hydrogen-bond acceptors (Lipinski definition) is 5. The standard InChI is InChI=1S/C20H24F2N2O5S2/c1-14(2)29-19-8-7-16(31(27,28)24-10-4-3-5-11-24)13-18(19)23-30(25,26)20-9-6-15(21)12-17(20)22/h6-9,12-14,23H,3-5,10-11H2,1-2H3. The van der Waals surface area contributed by atoms with E-state index in [1.165, 1.54) is 16.4 Å². The van der Waals surface area contributed by atoms with Gasteiger partial charge in [0.2, 0.25) is 10.0 Å². The zero-order valence-corrected chi connectivity index (χ0v) is 18.8. The molecule has 1 aliphatic rings. The van der Waals surface area contributed by atoms with Gasteiger partial charge in [0.05, 0.1) is 16.7 Å². The highest BCUT2D eigenvalue weighted by Crippen LogP contribution is 2.33. The number of nitrogens with one attached hydrogen (secondary N) is 1. The predicted molar refractivity (Wildman–Crippen MR) is 112 cm³/mol. The van der Waals surface area contributed by atoms with Gasteiger partial charge in [-0.1, -0.05) is 6.42 Å². The maximum atomic E-state index is 14.1. The molecule has 3 rings (SSSR count). The van der Waals surface area contributed by atoms with Crippen molar-refractivity contribution in [2.75, 3.05) is 17.8 Å². The van der Waals surface area contributed by atoms with Gasteiger partial charge in [-0.15, -0.1) is 0 Å². The van der Waals surface area contributed by atoms with Crippen LogP contribution in [0, 0.1) is 11.6 Å². The van der Waals surface area contributed by atoms with Crippen LogP contribution in [0.3, 0.4) is 0 Å². The summed E-state index contributed by atoms with van der Waals surface area (Å²) in [6.45, 7) is 4.20. The van der Waals surface area contributed by atoms with E-state index >= 15 is 0 Å². The molecule has 0 spiro atoms. The van der Waals surface area contributed by atoms with E-state index in [0.29, 0.717) is 19.2 Å². The molecule has 1 N–H and O–H groups in total. The second-order valence-corrected chi connectivity index (χ2v) is 11.1. The van der Waals surface area contributed by atoms with Gasteiger partial charge in [-0.3, -0.25) is 4.72 Å². The Bertz CT molecular complexity index is 1160. The van der Waals surface area contributed by atoms with Gasteiger partial charge in [0, 0.05) is 19.2 Å². The van der Waals surface area contributed by atoms with Crippen LogP contribution in [-0.2, 0) is 20.0 Å². The number of benzene rings is 2. The summed E-state index contributed by atoms with van der Waals surface area (Å²) >= 11 is 0. The maximum Gasteiger partial charge on any atom is 0.264 e. The largest absolute Gasteiger partial charge is 0.489 e. The predicted octanol–water partition coefficient (Wildman–Crippen LogP) is 3.73. The lowest BCUT2D eigenvalue weighted by Crippen LogP contribution is -2.35. The number of hydrogen-bond donors (Lipinski definition) is 1. The first-order chi connectivity index (χ1) is 14.5. The number of nitrogens with zero attached hydrogens (tertiary/aromatic N) is 1. The van der Waals surface area contributed by atoms with E-state index in [0.717, 1.165) is 37.5 Å². The van der Waals surface area contributed by atoms with Crippen LogP contribution < -0.4 is 9.46 Å². The van der Waals surface area contributed by atoms with Crippen molar-refractivity contribution >= 4 is 25.7 Å². The molecule has 1 saturated heterocycles. The molecule has 0 amide bonds. The summed E-state index contributed by atoms with van der Waals surface area (Å²) in [6, 6.07) is 5.93. The normalized spacial score (nSPS) is 15.8. The molecule has 0 bridgehead atoms. The number of piperidine rings is 1. The van der Waals surface area contributed by atoms with Gasteiger partial charge in [0.1, 0.15) is 22.3 Å². The highest BCUT2D eigenvalue weighted by atomic mass is 32.2. The number of halogens is 2. The zero-order valence-electron chi connectivity index (χ0n) is 17.1. The monoisotopic (exact) mass is 474 g/mol. The fourth-order valence-electron chi connectivity index (χ4n) is 3.25. The number of ether oxygens (including phenoxy) is 1. The van der Waals surface area contributed by atoms with Crippen molar-refractivity contribution in [1.82, 2.24) is 4.31 Å². The van der Waals surface area contributed by atoms with Crippen LogP contribution in [0.25, 0.3) is 0 Å². The summed E-state index contributed by atoms with van der Waals surface area (Å²) in [5.74, 6) is -2.11. The highest BCUT2D eigenvalue weighted by Gasteiger charge is 2.28. The Kier molecular flexibility index (Phi) is 6.87. The molecule has 31 heavy (non-hydrogen) atoms. The molecule has 2 aromatic carbocycles. The topological polar surface area (TPSA) is 92.8 Å². The Morgan fingerprint density at radius 3 is 2.26 bits per heavy atom. The van der Waals surface area contributed by atoms with Gasteiger partial charge in [-0.2, -0.15) is 4.31 Å². The third-order valence-electron chi connectivity index (χ3n) is 4.69. The van der Waals surface area contributed by atoms with Crippen molar-refractivity contribution in [3.05, 3.63) is 48.0 Å². The zero-order chi connectivity index (χ0) is 22.8. The number of anilines is 1. The van der Waals surface area contributed by atoms with Crippen molar-refractivity contribution in [3.63, 3.8) is 0 Å². The van der Waals surface area contributed by atoms with E-state index in [4.69, 9.17) is 4.74 Å². The van der Waals surface area contributed by atoms with E-state index in [1.54, 1.807) is 13.8 Å². The van der Waals surface area contributed by atoms with E-state index in [-0.39, 0.29) is 22.4 Å². The molecule has 1 aliphatic heterocycles. The molecule has 0 radical (unpaired) electrons. The lowest BCUT2D eigenvalue weighted by Gasteiger charge is -2.26. The molecule has 0 unspecified atom stereocenters. The Hall–Kier alpha value is -2.24. The van der Waals surface area contributed by atoms with Gasteiger partial charge in [-0.05, 0) is 57.0 Å². The van der Waals surface area contributed by atoms with Crippen LogP contribution in [-0.4, -0.2) is 40.3 Å². The minimum atomic E-state index is -4.49. The second kappa shape index (κ2) is 9.09. The lowest BCUT2D eigenvalue weighted by molar-refractivity contribution is 0.243. The first-order valence-electron chi connectivity index (χ1n) is 9.79. The molecular weight excluding hydrogens is 450 g/mol. The summed E-state index contributed by atoms with van der Waals surface area (Å²) in [5, 5.41) is 0. The molecule has 7 nitrogen and oxygen atoms in total. The summed E-state index contributed by atoms with van der Waals surface area (Å²) in [6.07, 6.45) is 2.10. The molecular formula is C20H24F2N2O5S2. The van der Waals surface area contributed by atoms with Crippen molar-refractivity contribution < 1.29 is 30.4 Å². The summed E-state index contributed by atoms with van der Waals surface area (Å²) < 4.78 is 87.9. The molecule has 0 atom stereocenters. The van der Waals surface area contributed by atoms with E-state index in [9.17, 15) is 25.6 Å². The Labute approximate surface area is 181 Å². The smallest absolute Gasteiger partial charge is 0.264 e. The molecule has 2 aromatic rings. The first-order valence-corrected chi connectivity index (χ1v) is 12.7. The summed E-state index contributed by atoms with van der Waals surface area (Å²) in [4.78, 5) is -0.878. The van der Waals surface area contributed by atoms with Crippen molar-refractivity contribution in [3.8, 4) is 5.75 Å². The van der Waals surface area contributed by atoms with Crippen molar-refractivity contribution in [1.29, 1.82) is 0 Å². The maximum absolute atomic E-state index is 14.1. The number of sulfonamides is 2. The van der Waals surface area contributed by atoms with Crippen LogP contribution in [0.4, 0.5) is 14.5 Å². The minimum Gasteiger partial charge on any atom is -0.489 e. The highest BCUT2D eigenvalue weighted by molar-refractivity contribution is 7.92. The quantitative estimate of drug-likeness (QED) is 0.660. The van der Waals surface area contributed by atoms with Crippen molar-refractivity contribution in [2.45, 2.75) is 49.0 Å². The minimum absolute atomic E-state index is 0.0821. The second-order valence-electron chi connectivity index (χ2n) is 7.47. The lowest BCUT2D eigenvalue weighted by atomic mass is 10.2. The Morgan fingerprint density at radius 2 is 1.65 bits per heavy atom. The van der Waals surface area contributed by atoms with E-state index in [1.807, 2.05) is 0 Å². The summed E-state index contributed by atoms with van der Waals surface area (Å²) in [5.41, 5.74) is -0.157. The van der Waals surface area contributed by atoms with Gasteiger partial charge < -0.3 is 4.74 Å². The van der Waals surface area contributed by atoms with Crippen molar-refractivity contribution in [2.24, 2.45) is 0 Å². The average molecular weight is 475 g/mol. The van der Waals surface area contributed by atoms with Gasteiger partial charge >= 0.3 is 0 Å². The SMILES string of the molecule is CC(C)Oc1ccc(S(=O)(=O)N2CCCCC2)cc1NS(=O)(=O)c1ccc(F)cc1F.